The molecule has 0 aromatic carbocycles. The number of rotatable bonds is 5. The summed E-state index contributed by atoms with van der Waals surface area (Å²) in [5.41, 5.74) is 4.58. The third kappa shape index (κ3) is 3.54. The van der Waals surface area contributed by atoms with E-state index in [-0.39, 0.29) is 0 Å². The van der Waals surface area contributed by atoms with Gasteiger partial charge in [-0.25, -0.2) is 10.4 Å². The van der Waals surface area contributed by atoms with Crippen LogP contribution in [0, 0.1) is 0 Å². The van der Waals surface area contributed by atoms with Crippen molar-refractivity contribution in [1.82, 2.24) is 25.1 Å². The number of hydrazine groups is 1. The van der Waals surface area contributed by atoms with Crippen LogP contribution in [-0.4, -0.2) is 52.9 Å². The molecule has 0 saturated carbocycles. The molecule has 18 heavy (non-hydrogen) atoms. The number of piperazine rings is 1. The summed E-state index contributed by atoms with van der Waals surface area (Å²) in [6, 6.07) is 2.59. The highest BCUT2D eigenvalue weighted by Gasteiger charge is 2.13. The Morgan fingerprint density at radius 1 is 1.33 bits per heavy atom. The molecule has 0 aliphatic carbocycles. The summed E-state index contributed by atoms with van der Waals surface area (Å²) in [6.45, 7) is 9.65. The predicted octanol–water partition coefficient (Wildman–Crippen LogP) is 1.11. The first-order valence-corrected chi connectivity index (χ1v) is 6.90. The Hall–Kier alpha value is -0.910. The maximum absolute atomic E-state index is 4.60. The van der Waals surface area contributed by atoms with Crippen LogP contribution in [0.1, 0.15) is 32.0 Å². The van der Waals surface area contributed by atoms with Crippen molar-refractivity contribution in [2.45, 2.75) is 32.9 Å². The maximum atomic E-state index is 4.60. The van der Waals surface area contributed by atoms with Gasteiger partial charge >= 0.3 is 0 Å². The number of hydrogen-bond acceptors (Lipinski definition) is 4. The topological polar surface area (TPSA) is 36.3 Å². The highest BCUT2D eigenvalue weighted by atomic mass is 15.5. The third-order valence-corrected chi connectivity index (χ3v) is 3.69. The van der Waals surface area contributed by atoms with Gasteiger partial charge in [0.1, 0.15) is 0 Å². The van der Waals surface area contributed by atoms with Crippen LogP contribution >= 0.6 is 0 Å². The standard InChI is InChI=1S/C13H25N5/c1-4-12(2)18-6-5-13(15-18)11-14-17-9-7-16(3)8-10-17/h5-6,12,14H,4,7-11H2,1-3H3. The fourth-order valence-electron chi connectivity index (χ4n) is 2.06. The van der Waals surface area contributed by atoms with E-state index in [1.54, 1.807) is 0 Å². The second-order valence-corrected chi connectivity index (χ2v) is 5.17. The molecule has 1 fully saturated rings. The van der Waals surface area contributed by atoms with Crippen LogP contribution in [0.25, 0.3) is 0 Å². The normalized spacial score (nSPS) is 20.2. The molecule has 1 aromatic rings. The summed E-state index contributed by atoms with van der Waals surface area (Å²) in [5, 5.41) is 6.89. The first-order valence-electron chi connectivity index (χ1n) is 6.90. The van der Waals surface area contributed by atoms with Gasteiger partial charge in [0.25, 0.3) is 0 Å². The van der Waals surface area contributed by atoms with Crippen LogP contribution in [0.3, 0.4) is 0 Å². The quantitative estimate of drug-likeness (QED) is 0.850. The summed E-state index contributed by atoms with van der Waals surface area (Å²) in [5.74, 6) is 0. The highest BCUT2D eigenvalue weighted by molar-refractivity contribution is 4.99. The highest BCUT2D eigenvalue weighted by Crippen LogP contribution is 2.09. The molecule has 1 N–H and O–H groups in total. The summed E-state index contributed by atoms with van der Waals surface area (Å²) >= 11 is 0. The molecule has 1 atom stereocenters. The number of likely N-dealkylation sites (N-methyl/N-ethyl adjacent to an activating group) is 1. The van der Waals surface area contributed by atoms with Gasteiger partial charge in [-0.1, -0.05) is 6.92 Å². The lowest BCUT2D eigenvalue weighted by Gasteiger charge is -2.32. The lowest BCUT2D eigenvalue weighted by Crippen LogP contribution is -2.50. The van der Waals surface area contributed by atoms with Gasteiger partial charge in [-0.3, -0.25) is 4.68 Å². The number of nitrogens with zero attached hydrogens (tertiary/aromatic N) is 4. The second kappa shape index (κ2) is 6.31. The van der Waals surface area contributed by atoms with Crippen molar-refractivity contribution in [3.63, 3.8) is 0 Å². The van der Waals surface area contributed by atoms with Gasteiger partial charge in [0.05, 0.1) is 12.2 Å². The zero-order valence-electron chi connectivity index (χ0n) is 11.8. The fourth-order valence-corrected chi connectivity index (χ4v) is 2.06. The summed E-state index contributed by atoms with van der Waals surface area (Å²) in [4.78, 5) is 2.36. The van der Waals surface area contributed by atoms with Gasteiger partial charge in [-0.15, -0.1) is 0 Å². The predicted molar refractivity (Wildman–Crippen MR) is 73.1 cm³/mol. The Morgan fingerprint density at radius 2 is 2.06 bits per heavy atom. The summed E-state index contributed by atoms with van der Waals surface area (Å²) in [7, 11) is 2.17. The van der Waals surface area contributed by atoms with Crippen molar-refractivity contribution in [2.24, 2.45) is 0 Å². The van der Waals surface area contributed by atoms with E-state index < -0.39 is 0 Å². The molecule has 2 heterocycles. The van der Waals surface area contributed by atoms with Gasteiger partial charge in [0, 0.05) is 38.4 Å². The Balaban J connectivity index is 1.78. The molecule has 1 aliphatic rings. The molecule has 1 saturated heterocycles. The number of aromatic nitrogens is 2. The molecule has 1 aliphatic heterocycles. The van der Waals surface area contributed by atoms with E-state index in [1.165, 1.54) is 0 Å². The molecule has 0 bridgehead atoms. The molecule has 2 rings (SSSR count). The van der Waals surface area contributed by atoms with E-state index in [2.05, 4.69) is 58.3 Å². The van der Waals surface area contributed by atoms with Crippen LogP contribution in [0.2, 0.25) is 0 Å². The minimum absolute atomic E-state index is 0.488. The lowest BCUT2D eigenvalue weighted by molar-refractivity contribution is 0.101. The fraction of sp³-hybridized carbons (Fsp3) is 0.769. The van der Waals surface area contributed by atoms with Crippen LogP contribution in [0.15, 0.2) is 12.3 Å². The SMILES string of the molecule is CCC(C)n1ccc(CNN2CCN(C)CC2)n1. The first-order chi connectivity index (χ1) is 8.69. The number of nitrogens with one attached hydrogen (secondary N) is 1. The van der Waals surface area contributed by atoms with Crippen LogP contribution in [-0.2, 0) is 6.54 Å². The minimum atomic E-state index is 0.488. The zero-order chi connectivity index (χ0) is 13.0. The van der Waals surface area contributed by atoms with Gasteiger partial charge < -0.3 is 4.90 Å². The van der Waals surface area contributed by atoms with Crippen LogP contribution < -0.4 is 5.43 Å². The summed E-state index contributed by atoms with van der Waals surface area (Å²) in [6.07, 6.45) is 3.20. The van der Waals surface area contributed by atoms with Gasteiger partial charge in [0.2, 0.25) is 0 Å². The molecular formula is C13H25N5. The van der Waals surface area contributed by atoms with Crippen molar-refractivity contribution in [3.05, 3.63) is 18.0 Å². The Labute approximate surface area is 110 Å². The first kappa shape index (κ1) is 13.5. The van der Waals surface area contributed by atoms with E-state index >= 15 is 0 Å². The monoisotopic (exact) mass is 251 g/mol. The molecule has 1 unspecified atom stereocenters. The second-order valence-electron chi connectivity index (χ2n) is 5.17. The largest absolute Gasteiger partial charge is 0.304 e. The summed E-state index contributed by atoms with van der Waals surface area (Å²) < 4.78 is 2.06. The molecule has 0 spiro atoms. The average molecular weight is 251 g/mol. The Morgan fingerprint density at radius 3 is 2.72 bits per heavy atom. The van der Waals surface area contributed by atoms with Crippen molar-refractivity contribution in [2.75, 3.05) is 33.2 Å². The molecule has 102 valence electrons. The minimum Gasteiger partial charge on any atom is -0.304 e. The smallest absolute Gasteiger partial charge is 0.0776 e. The van der Waals surface area contributed by atoms with Gasteiger partial charge in [0.15, 0.2) is 0 Å². The van der Waals surface area contributed by atoms with Gasteiger partial charge in [-0.2, -0.15) is 5.10 Å². The molecule has 1 aromatic heterocycles. The van der Waals surface area contributed by atoms with Crippen molar-refractivity contribution in [3.8, 4) is 0 Å². The zero-order valence-corrected chi connectivity index (χ0v) is 11.8. The van der Waals surface area contributed by atoms with E-state index in [9.17, 15) is 0 Å². The van der Waals surface area contributed by atoms with E-state index in [0.717, 1.165) is 44.8 Å². The molecule has 5 heteroatoms. The number of hydrogen-bond donors (Lipinski definition) is 1. The molecular weight excluding hydrogens is 226 g/mol. The van der Waals surface area contributed by atoms with Crippen molar-refractivity contribution in [1.29, 1.82) is 0 Å². The average Bonchev–Trinajstić information content (AvgIpc) is 2.86. The van der Waals surface area contributed by atoms with E-state index in [4.69, 9.17) is 0 Å². The Kier molecular flexibility index (Phi) is 4.74. The van der Waals surface area contributed by atoms with Crippen molar-refractivity contribution < 1.29 is 0 Å². The van der Waals surface area contributed by atoms with E-state index in [0.29, 0.717) is 6.04 Å². The van der Waals surface area contributed by atoms with E-state index in [1.807, 2.05) is 0 Å². The molecule has 0 amide bonds. The molecule has 0 radical (unpaired) electrons. The molecule has 5 nitrogen and oxygen atoms in total. The Bertz CT molecular complexity index is 354. The van der Waals surface area contributed by atoms with Gasteiger partial charge in [-0.05, 0) is 26.5 Å². The van der Waals surface area contributed by atoms with Crippen LogP contribution in [0.5, 0.6) is 0 Å². The van der Waals surface area contributed by atoms with Crippen molar-refractivity contribution >= 4 is 0 Å². The third-order valence-electron chi connectivity index (χ3n) is 3.69. The maximum Gasteiger partial charge on any atom is 0.0776 e. The lowest BCUT2D eigenvalue weighted by atomic mass is 10.3. The van der Waals surface area contributed by atoms with Crippen LogP contribution in [0.4, 0.5) is 0 Å².